The first kappa shape index (κ1) is 15.8. The van der Waals surface area contributed by atoms with Gasteiger partial charge in [0.2, 0.25) is 5.91 Å². The van der Waals surface area contributed by atoms with Gasteiger partial charge in [-0.05, 0) is 48.5 Å². The van der Waals surface area contributed by atoms with Gasteiger partial charge in [-0.2, -0.15) is 0 Å². The van der Waals surface area contributed by atoms with E-state index in [-0.39, 0.29) is 5.91 Å². The molecular formula is C20H13FN2O3. The highest BCUT2D eigenvalue weighted by molar-refractivity contribution is 6.34. The molecule has 0 aliphatic carbocycles. The summed E-state index contributed by atoms with van der Waals surface area (Å²) in [7, 11) is 0. The lowest BCUT2D eigenvalue weighted by Gasteiger charge is -1.99. The summed E-state index contributed by atoms with van der Waals surface area (Å²) < 4.78 is 19.3. The van der Waals surface area contributed by atoms with Crippen LogP contribution < -0.4 is 11.1 Å². The fraction of sp³-hybridized carbons (Fsp3) is 0. The predicted molar refractivity (Wildman–Crippen MR) is 95.6 cm³/mol. The molecule has 3 N–H and O–H groups in total. The lowest BCUT2D eigenvalue weighted by molar-refractivity contribution is -0.110. The topological polar surface area (TPSA) is 85.3 Å². The van der Waals surface area contributed by atoms with Crippen molar-refractivity contribution >= 4 is 29.2 Å². The van der Waals surface area contributed by atoms with E-state index in [1.54, 1.807) is 42.5 Å². The predicted octanol–water partition coefficient (Wildman–Crippen LogP) is 3.68. The van der Waals surface area contributed by atoms with E-state index in [0.717, 1.165) is 5.56 Å². The molecule has 128 valence electrons. The molecule has 1 aliphatic heterocycles. The van der Waals surface area contributed by atoms with Gasteiger partial charge in [-0.3, -0.25) is 9.59 Å². The fourth-order valence-corrected chi connectivity index (χ4v) is 2.83. The fourth-order valence-electron chi connectivity index (χ4n) is 2.83. The van der Waals surface area contributed by atoms with Crippen LogP contribution in [0.1, 0.15) is 21.7 Å². The number of carbonyl (C=O) groups is 2. The zero-order chi connectivity index (χ0) is 18.3. The highest BCUT2D eigenvalue weighted by Crippen LogP contribution is 2.34. The largest absolute Gasteiger partial charge is 0.457 e. The van der Waals surface area contributed by atoms with E-state index >= 15 is 0 Å². The Labute approximate surface area is 147 Å². The van der Waals surface area contributed by atoms with E-state index < -0.39 is 11.7 Å². The maximum atomic E-state index is 13.5. The Bertz CT molecular complexity index is 1060. The third-order valence-electron chi connectivity index (χ3n) is 4.13. The van der Waals surface area contributed by atoms with Crippen LogP contribution in [0.2, 0.25) is 0 Å². The maximum Gasteiger partial charge on any atom is 0.256 e. The van der Waals surface area contributed by atoms with Crippen molar-refractivity contribution < 1.29 is 18.4 Å². The first-order valence-corrected chi connectivity index (χ1v) is 7.84. The first-order valence-electron chi connectivity index (χ1n) is 7.84. The zero-order valence-corrected chi connectivity index (χ0v) is 13.5. The quantitative estimate of drug-likeness (QED) is 0.708. The minimum Gasteiger partial charge on any atom is -0.457 e. The molecule has 6 heteroatoms. The van der Waals surface area contributed by atoms with Crippen LogP contribution in [-0.4, -0.2) is 11.8 Å². The number of anilines is 1. The number of primary amides is 1. The number of hydrogen-bond donors (Lipinski definition) is 2. The second-order valence-corrected chi connectivity index (χ2v) is 5.85. The zero-order valence-electron chi connectivity index (χ0n) is 13.5. The number of halogens is 1. The van der Waals surface area contributed by atoms with Gasteiger partial charge in [0, 0.05) is 22.4 Å². The van der Waals surface area contributed by atoms with Gasteiger partial charge in [0.1, 0.15) is 17.3 Å². The van der Waals surface area contributed by atoms with Gasteiger partial charge < -0.3 is 15.5 Å². The summed E-state index contributed by atoms with van der Waals surface area (Å²) in [6.45, 7) is 0. The Morgan fingerprint density at radius 3 is 2.58 bits per heavy atom. The Hall–Kier alpha value is -3.67. The van der Waals surface area contributed by atoms with Gasteiger partial charge >= 0.3 is 0 Å². The number of hydrogen-bond acceptors (Lipinski definition) is 3. The van der Waals surface area contributed by atoms with E-state index in [9.17, 15) is 14.0 Å². The molecule has 3 aromatic rings. The van der Waals surface area contributed by atoms with Crippen LogP contribution in [0.5, 0.6) is 0 Å². The normalized spacial score (nSPS) is 14.3. The molecule has 1 aliphatic rings. The molecule has 2 amide bonds. The number of carbonyl (C=O) groups excluding carboxylic acids is 2. The van der Waals surface area contributed by atoms with Crippen molar-refractivity contribution in [1.82, 2.24) is 0 Å². The monoisotopic (exact) mass is 348 g/mol. The van der Waals surface area contributed by atoms with Gasteiger partial charge in [0.05, 0.1) is 5.57 Å². The van der Waals surface area contributed by atoms with Crippen molar-refractivity contribution in [2.75, 3.05) is 5.32 Å². The highest BCUT2D eigenvalue weighted by Gasteiger charge is 2.25. The van der Waals surface area contributed by atoms with Crippen molar-refractivity contribution in [3.63, 3.8) is 0 Å². The van der Waals surface area contributed by atoms with Crippen molar-refractivity contribution in [3.8, 4) is 11.3 Å². The van der Waals surface area contributed by atoms with Crippen molar-refractivity contribution in [2.45, 2.75) is 0 Å². The van der Waals surface area contributed by atoms with E-state index in [0.29, 0.717) is 33.9 Å². The molecule has 0 saturated carbocycles. The summed E-state index contributed by atoms with van der Waals surface area (Å²) >= 11 is 0. The molecule has 0 saturated heterocycles. The van der Waals surface area contributed by atoms with Gasteiger partial charge in [-0.15, -0.1) is 0 Å². The molecule has 0 bridgehead atoms. The van der Waals surface area contributed by atoms with Crippen LogP contribution in [0.4, 0.5) is 10.1 Å². The van der Waals surface area contributed by atoms with Crippen molar-refractivity contribution in [1.29, 1.82) is 0 Å². The Balaban J connectivity index is 1.67. The second kappa shape index (κ2) is 6.00. The lowest BCUT2D eigenvalue weighted by Crippen LogP contribution is -2.10. The molecule has 5 nitrogen and oxygen atoms in total. The van der Waals surface area contributed by atoms with Gasteiger partial charge in [-0.25, -0.2) is 4.39 Å². The minimum atomic E-state index is -0.500. The third-order valence-corrected chi connectivity index (χ3v) is 4.13. The molecule has 0 radical (unpaired) electrons. The molecule has 0 atom stereocenters. The molecule has 0 spiro atoms. The molecule has 0 fully saturated rings. The SMILES string of the molecule is NC(=O)c1ccc(-c2ccc(/C=C3/C(=O)Nc4ccc(F)cc43)o2)cc1. The number of fused-ring (bicyclic) bond motifs is 1. The van der Waals surface area contributed by atoms with Gasteiger partial charge in [0.25, 0.3) is 5.91 Å². The Morgan fingerprint density at radius 2 is 1.85 bits per heavy atom. The number of furan rings is 1. The van der Waals surface area contributed by atoms with Gasteiger partial charge in [0.15, 0.2) is 0 Å². The summed E-state index contributed by atoms with van der Waals surface area (Å²) in [5.74, 6) is -0.193. The van der Waals surface area contributed by atoms with E-state index in [1.807, 2.05) is 0 Å². The number of rotatable bonds is 3. The number of benzene rings is 2. The van der Waals surface area contributed by atoms with Crippen LogP contribution in [-0.2, 0) is 4.79 Å². The average molecular weight is 348 g/mol. The summed E-state index contributed by atoms with van der Waals surface area (Å²) in [6.07, 6.45) is 1.57. The third kappa shape index (κ3) is 2.77. The summed E-state index contributed by atoms with van der Waals surface area (Å²) in [4.78, 5) is 23.3. The Kier molecular flexibility index (Phi) is 3.65. The van der Waals surface area contributed by atoms with Crippen LogP contribution in [0.3, 0.4) is 0 Å². The smallest absolute Gasteiger partial charge is 0.256 e. The van der Waals surface area contributed by atoms with Crippen LogP contribution in [0, 0.1) is 5.82 Å². The van der Waals surface area contributed by atoms with E-state index in [1.165, 1.54) is 18.2 Å². The number of nitrogens with two attached hydrogens (primary N) is 1. The Morgan fingerprint density at radius 1 is 1.08 bits per heavy atom. The highest BCUT2D eigenvalue weighted by atomic mass is 19.1. The van der Waals surface area contributed by atoms with Gasteiger partial charge in [-0.1, -0.05) is 12.1 Å². The molecular weight excluding hydrogens is 335 g/mol. The molecule has 4 rings (SSSR count). The maximum absolute atomic E-state index is 13.5. The van der Waals surface area contributed by atoms with Crippen molar-refractivity contribution in [2.24, 2.45) is 5.73 Å². The molecule has 26 heavy (non-hydrogen) atoms. The average Bonchev–Trinajstić information content (AvgIpc) is 3.21. The molecule has 2 heterocycles. The van der Waals surface area contributed by atoms with Crippen molar-refractivity contribution in [3.05, 3.63) is 77.3 Å². The minimum absolute atomic E-state index is 0.311. The number of amides is 2. The van der Waals surface area contributed by atoms with Crippen LogP contribution in [0.25, 0.3) is 23.0 Å². The van der Waals surface area contributed by atoms with Crippen LogP contribution >= 0.6 is 0 Å². The standard InChI is InChI=1S/C20H13FN2O3/c21-13-5-7-17-15(9-13)16(20(25)23-17)10-14-6-8-18(26-14)11-1-3-12(4-2-11)19(22)24/h1-10H,(H2,22,24)(H,23,25)/b16-10+. The summed E-state index contributed by atoms with van der Waals surface area (Å²) in [6, 6.07) is 14.3. The molecule has 0 unspecified atom stereocenters. The molecule has 2 aromatic carbocycles. The number of nitrogens with one attached hydrogen (secondary N) is 1. The molecule has 1 aromatic heterocycles. The lowest BCUT2D eigenvalue weighted by atomic mass is 10.1. The summed E-state index contributed by atoms with van der Waals surface area (Å²) in [5.41, 5.74) is 7.80. The first-order chi connectivity index (χ1) is 12.5. The van der Waals surface area contributed by atoms with E-state index in [4.69, 9.17) is 10.2 Å². The van der Waals surface area contributed by atoms with Crippen LogP contribution in [0.15, 0.2) is 59.0 Å². The summed E-state index contributed by atoms with van der Waals surface area (Å²) in [5, 5.41) is 2.69. The van der Waals surface area contributed by atoms with E-state index in [2.05, 4.69) is 5.32 Å². The second-order valence-electron chi connectivity index (χ2n) is 5.85.